The number of thiophene rings is 1. The Morgan fingerprint density at radius 1 is 1.10 bits per heavy atom. The summed E-state index contributed by atoms with van der Waals surface area (Å²) in [6, 6.07) is 12.5. The first-order chi connectivity index (χ1) is 13.8. The number of hydrogen-bond donors (Lipinski definition) is 2. The van der Waals surface area contributed by atoms with Crippen molar-refractivity contribution in [2.45, 2.75) is 13.8 Å². The number of benzene rings is 1. The maximum Gasteiger partial charge on any atom is 0.329 e. The molecule has 3 rings (SSSR count). The number of nitrogens with zero attached hydrogens (tertiary/aromatic N) is 3. The highest BCUT2D eigenvalue weighted by Gasteiger charge is 2.21. The van der Waals surface area contributed by atoms with Gasteiger partial charge in [-0.25, -0.2) is 10.1 Å². The van der Waals surface area contributed by atoms with Crippen LogP contribution in [0.4, 0.5) is 5.69 Å². The summed E-state index contributed by atoms with van der Waals surface area (Å²) in [5.41, 5.74) is 3.43. The van der Waals surface area contributed by atoms with E-state index in [4.69, 9.17) is 11.6 Å². The summed E-state index contributed by atoms with van der Waals surface area (Å²) < 4.78 is 3.60. The summed E-state index contributed by atoms with van der Waals surface area (Å²) in [4.78, 5) is 37.9. The lowest BCUT2D eigenvalue weighted by molar-refractivity contribution is -0.136. The second kappa shape index (κ2) is 8.46. The van der Waals surface area contributed by atoms with Crippen molar-refractivity contribution in [2.24, 2.45) is 12.1 Å². The third kappa shape index (κ3) is 4.30. The van der Waals surface area contributed by atoms with E-state index < -0.39 is 17.4 Å². The second-order valence-corrected chi connectivity index (χ2v) is 7.85. The minimum absolute atomic E-state index is 0.0299. The molecule has 0 radical (unpaired) electrons. The Kier molecular flexibility index (Phi) is 6.00. The van der Waals surface area contributed by atoms with Gasteiger partial charge in [-0.15, -0.1) is 11.3 Å². The molecule has 0 aliphatic rings. The molecular weight excluding hydrogens is 414 g/mol. The van der Waals surface area contributed by atoms with Crippen molar-refractivity contribution in [3.8, 4) is 5.69 Å². The number of nitrogens with one attached hydrogen (secondary N) is 2. The smallest absolute Gasteiger partial charge is 0.311 e. The molecule has 0 unspecified atom stereocenters. The normalized spacial score (nSPS) is 11.4. The quantitative estimate of drug-likeness (QED) is 0.377. The van der Waals surface area contributed by atoms with Crippen molar-refractivity contribution >= 4 is 46.2 Å². The van der Waals surface area contributed by atoms with Gasteiger partial charge in [0.2, 0.25) is 0 Å². The summed E-state index contributed by atoms with van der Waals surface area (Å²) in [5, 5.41) is 6.29. The summed E-state index contributed by atoms with van der Waals surface area (Å²) in [6.07, 6.45) is 0. The van der Waals surface area contributed by atoms with E-state index in [1.165, 1.54) is 16.0 Å². The highest BCUT2D eigenvalue weighted by atomic mass is 35.5. The van der Waals surface area contributed by atoms with Gasteiger partial charge in [0, 0.05) is 7.05 Å². The van der Waals surface area contributed by atoms with Gasteiger partial charge in [-0.1, -0.05) is 29.8 Å². The molecule has 10 heteroatoms. The molecular formula is C19H18ClN5O3S. The Labute approximate surface area is 175 Å². The Hall–Kier alpha value is -3.17. The molecule has 0 atom stereocenters. The van der Waals surface area contributed by atoms with Crippen molar-refractivity contribution < 1.29 is 9.59 Å². The molecule has 2 N–H and O–H groups in total. The Balaban J connectivity index is 1.77. The summed E-state index contributed by atoms with van der Waals surface area (Å²) in [7, 11) is 1.69. The van der Waals surface area contributed by atoms with E-state index in [1.807, 2.05) is 6.07 Å². The molecule has 0 fully saturated rings. The van der Waals surface area contributed by atoms with Crippen molar-refractivity contribution in [3.05, 3.63) is 67.7 Å². The van der Waals surface area contributed by atoms with Gasteiger partial charge in [0.05, 0.1) is 26.3 Å². The number of carbonyl (C=O) groups is 2. The molecule has 8 nitrogen and oxygen atoms in total. The van der Waals surface area contributed by atoms with Crippen molar-refractivity contribution in [1.29, 1.82) is 0 Å². The summed E-state index contributed by atoms with van der Waals surface area (Å²) in [5.74, 6) is -1.97. The third-order valence-electron chi connectivity index (χ3n) is 4.25. The molecule has 1 aromatic carbocycles. The number of rotatable bonds is 4. The molecule has 0 aliphatic carbocycles. The zero-order valence-electron chi connectivity index (χ0n) is 15.9. The predicted molar refractivity (Wildman–Crippen MR) is 114 cm³/mol. The van der Waals surface area contributed by atoms with E-state index in [2.05, 4.69) is 15.8 Å². The molecule has 0 saturated carbocycles. The van der Waals surface area contributed by atoms with E-state index in [-0.39, 0.29) is 5.69 Å². The first kappa shape index (κ1) is 20.6. The van der Waals surface area contributed by atoms with E-state index in [9.17, 15) is 14.4 Å². The Morgan fingerprint density at radius 2 is 1.79 bits per heavy atom. The van der Waals surface area contributed by atoms with Gasteiger partial charge in [-0.2, -0.15) is 5.10 Å². The van der Waals surface area contributed by atoms with Crippen LogP contribution >= 0.6 is 22.9 Å². The number of halogens is 1. The average Bonchev–Trinajstić information content (AvgIpc) is 3.23. The van der Waals surface area contributed by atoms with Gasteiger partial charge in [0.25, 0.3) is 5.56 Å². The average molecular weight is 432 g/mol. The zero-order valence-corrected chi connectivity index (χ0v) is 17.5. The second-order valence-electron chi connectivity index (χ2n) is 6.13. The van der Waals surface area contributed by atoms with Crippen LogP contribution in [-0.4, -0.2) is 26.9 Å². The van der Waals surface area contributed by atoms with Gasteiger partial charge < -0.3 is 5.32 Å². The zero-order chi connectivity index (χ0) is 21.1. The molecule has 0 aliphatic heterocycles. The van der Waals surface area contributed by atoms with Crippen LogP contribution in [-0.2, 0) is 16.6 Å². The minimum Gasteiger partial charge on any atom is -0.311 e. The van der Waals surface area contributed by atoms with Gasteiger partial charge in [0.1, 0.15) is 5.69 Å². The third-order valence-corrected chi connectivity index (χ3v) is 5.59. The number of hydrazone groups is 1. The van der Waals surface area contributed by atoms with Crippen LogP contribution < -0.4 is 16.3 Å². The number of para-hydroxylation sites is 1. The minimum atomic E-state index is -0.989. The first-order valence-corrected chi connectivity index (χ1v) is 9.74. The van der Waals surface area contributed by atoms with Gasteiger partial charge in [-0.05, 0) is 38.1 Å². The van der Waals surface area contributed by atoms with Crippen LogP contribution in [0.2, 0.25) is 4.34 Å². The fourth-order valence-electron chi connectivity index (χ4n) is 2.63. The van der Waals surface area contributed by atoms with Crippen molar-refractivity contribution in [1.82, 2.24) is 14.8 Å². The van der Waals surface area contributed by atoms with Gasteiger partial charge in [0.15, 0.2) is 0 Å². The number of carbonyl (C=O) groups excluding carboxylic acids is 2. The monoisotopic (exact) mass is 431 g/mol. The van der Waals surface area contributed by atoms with Crippen molar-refractivity contribution in [3.63, 3.8) is 0 Å². The van der Waals surface area contributed by atoms with E-state index in [0.717, 1.165) is 4.88 Å². The summed E-state index contributed by atoms with van der Waals surface area (Å²) >= 11 is 7.18. The van der Waals surface area contributed by atoms with Gasteiger partial charge in [-0.3, -0.25) is 19.1 Å². The van der Waals surface area contributed by atoms with Gasteiger partial charge >= 0.3 is 11.8 Å². The van der Waals surface area contributed by atoms with Crippen LogP contribution in [0.15, 0.2) is 52.4 Å². The number of amides is 2. The predicted octanol–water partition coefficient (Wildman–Crippen LogP) is 2.68. The number of aromatic nitrogens is 2. The van der Waals surface area contributed by atoms with Crippen LogP contribution in [0, 0.1) is 6.92 Å². The summed E-state index contributed by atoms with van der Waals surface area (Å²) in [6.45, 7) is 3.36. The molecule has 2 amide bonds. The fourth-order valence-corrected chi connectivity index (χ4v) is 3.62. The molecule has 2 heterocycles. The first-order valence-electron chi connectivity index (χ1n) is 8.55. The molecule has 0 spiro atoms. The van der Waals surface area contributed by atoms with Crippen LogP contribution in [0.25, 0.3) is 5.69 Å². The highest BCUT2D eigenvalue weighted by Crippen LogP contribution is 2.21. The van der Waals surface area contributed by atoms with Crippen LogP contribution in [0.5, 0.6) is 0 Å². The highest BCUT2D eigenvalue weighted by molar-refractivity contribution is 7.18. The standard InChI is InChI=1S/C19H18ClN5O3S/c1-11(14-9-10-15(20)29-14)22-23-18(27)17(26)21-16-12(2)24(3)25(19(16)28)13-7-5-4-6-8-13/h4-10H,1-3H3,(H,21,26)(H,23,27)/b22-11-. The molecule has 150 valence electrons. The largest absolute Gasteiger partial charge is 0.329 e. The maximum absolute atomic E-state index is 12.8. The molecule has 0 bridgehead atoms. The SMILES string of the molecule is C/C(=N/NC(=O)C(=O)Nc1c(C)n(C)n(-c2ccccc2)c1=O)c1ccc(Cl)s1. The molecule has 29 heavy (non-hydrogen) atoms. The van der Waals surface area contributed by atoms with E-state index in [1.54, 1.807) is 62.0 Å². The topological polar surface area (TPSA) is 97.5 Å². The van der Waals surface area contributed by atoms with Crippen LogP contribution in [0.1, 0.15) is 17.5 Å². The van der Waals surface area contributed by atoms with Crippen molar-refractivity contribution in [2.75, 3.05) is 5.32 Å². The maximum atomic E-state index is 12.8. The lowest BCUT2D eigenvalue weighted by Crippen LogP contribution is -2.34. The Morgan fingerprint density at radius 3 is 2.41 bits per heavy atom. The lowest BCUT2D eigenvalue weighted by atomic mass is 10.3. The number of hydrogen-bond acceptors (Lipinski definition) is 5. The number of anilines is 1. The van der Waals surface area contributed by atoms with E-state index in [0.29, 0.717) is 21.4 Å². The molecule has 3 aromatic rings. The van der Waals surface area contributed by atoms with Crippen LogP contribution in [0.3, 0.4) is 0 Å². The lowest BCUT2D eigenvalue weighted by Gasteiger charge is -2.07. The van der Waals surface area contributed by atoms with E-state index >= 15 is 0 Å². The molecule has 0 saturated heterocycles. The molecule has 2 aromatic heterocycles. The Bertz CT molecular complexity index is 1160. The fraction of sp³-hybridized carbons (Fsp3) is 0.158.